The Morgan fingerprint density at radius 2 is 1.50 bits per heavy atom. The smallest absolute Gasteiger partial charge is 0.252 e. The molecule has 2 rings (SSSR count). The molecule has 3 heteroatoms. The van der Waals surface area contributed by atoms with E-state index in [1.807, 2.05) is 30.3 Å². The summed E-state index contributed by atoms with van der Waals surface area (Å²) >= 11 is 0. The molecule has 0 saturated carbocycles. The number of benzene rings is 2. The van der Waals surface area contributed by atoms with E-state index in [-0.39, 0.29) is 11.7 Å². The fraction of sp³-hybridized carbons (Fsp3) is 0.263. The van der Waals surface area contributed by atoms with Crippen molar-refractivity contribution in [2.24, 2.45) is 0 Å². The lowest BCUT2D eigenvalue weighted by atomic mass is 9.92. The summed E-state index contributed by atoms with van der Waals surface area (Å²) in [6.45, 7) is 5.51. The van der Waals surface area contributed by atoms with E-state index in [0.29, 0.717) is 11.1 Å². The van der Waals surface area contributed by atoms with Crippen LogP contribution in [0.25, 0.3) is 0 Å². The number of rotatable bonds is 5. The molecular weight excluding hydrogens is 274 g/mol. The van der Waals surface area contributed by atoms with E-state index in [0.717, 1.165) is 6.42 Å². The topological polar surface area (TPSA) is 46.2 Å². The van der Waals surface area contributed by atoms with Crippen LogP contribution in [0, 0.1) is 0 Å². The Morgan fingerprint density at radius 3 is 2.05 bits per heavy atom. The molecule has 22 heavy (non-hydrogen) atoms. The summed E-state index contributed by atoms with van der Waals surface area (Å²) in [5.74, 6) is -0.344. The molecule has 1 amide bonds. The molecule has 0 aliphatic rings. The van der Waals surface area contributed by atoms with Gasteiger partial charge in [0.1, 0.15) is 0 Å². The number of ketones is 1. The molecule has 0 aliphatic carbocycles. The third-order valence-corrected chi connectivity index (χ3v) is 3.65. The zero-order valence-electron chi connectivity index (χ0n) is 13.2. The number of Topliss-reactive ketones (excluding diaryl/α,β-unsaturated/α-hetero) is 1. The fourth-order valence-electron chi connectivity index (χ4n) is 2.25. The number of carbonyl (C=O) groups is 2. The van der Waals surface area contributed by atoms with Gasteiger partial charge in [0.15, 0.2) is 5.78 Å². The minimum absolute atomic E-state index is 0.105. The van der Waals surface area contributed by atoms with Gasteiger partial charge >= 0.3 is 0 Å². The van der Waals surface area contributed by atoms with Crippen LogP contribution in [-0.2, 0) is 6.42 Å². The fourth-order valence-corrected chi connectivity index (χ4v) is 2.25. The predicted octanol–water partition coefficient (Wildman–Crippen LogP) is 3.64. The third-order valence-electron chi connectivity index (χ3n) is 3.65. The molecule has 0 saturated heterocycles. The first kappa shape index (κ1) is 16.0. The number of hydrogen-bond donors (Lipinski definition) is 1. The van der Waals surface area contributed by atoms with Crippen molar-refractivity contribution in [1.82, 2.24) is 5.32 Å². The first-order chi connectivity index (χ1) is 10.4. The molecule has 0 atom stereocenters. The van der Waals surface area contributed by atoms with Crippen molar-refractivity contribution >= 4 is 11.7 Å². The number of nitrogens with one attached hydrogen (secondary N) is 1. The Bertz CT molecular complexity index is 658. The highest BCUT2D eigenvalue weighted by Crippen LogP contribution is 2.14. The van der Waals surface area contributed by atoms with Gasteiger partial charge in [-0.05, 0) is 38.0 Å². The van der Waals surface area contributed by atoms with Crippen molar-refractivity contribution in [2.75, 3.05) is 0 Å². The average Bonchev–Trinajstić information content (AvgIpc) is 2.54. The highest BCUT2D eigenvalue weighted by atomic mass is 16.2. The molecule has 0 bridgehead atoms. The normalized spacial score (nSPS) is 11.0. The quantitative estimate of drug-likeness (QED) is 0.856. The van der Waals surface area contributed by atoms with E-state index in [1.54, 1.807) is 38.1 Å². The molecule has 0 aliphatic heterocycles. The van der Waals surface area contributed by atoms with Gasteiger partial charge in [-0.25, -0.2) is 0 Å². The zero-order chi connectivity index (χ0) is 16.2. The average molecular weight is 295 g/mol. The Labute approximate surface area is 131 Å². The summed E-state index contributed by atoms with van der Waals surface area (Å²) in [7, 11) is 0. The van der Waals surface area contributed by atoms with Gasteiger partial charge in [0.05, 0.1) is 5.54 Å². The molecule has 0 heterocycles. The Kier molecular flexibility index (Phi) is 4.76. The maximum absolute atomic E-state index is 12.5. The van der Waals surface area contributed by atoms with Gasteiger partial charge in [-0.1, -0.05) is 49.4 Å². The molecule has 2 aromatic carbocycles. The van der Waals surface area contributed by atoms with E-state index in [1.165, 1.54) is 5.56 Å². The molecule has 0 aromatic heterocycles. The predicted molar refractivity (Wildman–Crippen MR) is 88.1 cm³/mol. The van der Waals surface area contributed by atoms with Crippen LogP contribution in [0.3, 0.4) is 0 Å². The van der Waals surface area contributed by atoms with E-state index >= 15 is 0 Å². The summed E-state index contributed by atoms with van der Waals surface area (Å²) in [5, 5.41) is 2.82. The van der Waals surface area contributed by atoms with Gasteiger partial charge in [0.25, 0.3) is 5.91 Å². The Hall–Kier alpha value is -2.42. The maximum atomic E-state index is 12.5. The first-order valence-corrected chi connectivity index (χ1v) is 7.45. The van der Waals surface area contributed by atoms with Crippen LogP contribution in [0.4, 0.5) is 0 Å². The van der Waals surface area contributed by atoms with Crippen molar-refractivity contribution < 1.29 is 9.59 Å². The van der Waals surface area contributed by atoms with Gasteiger partial charge in [0.2, 0.25) is 0 Å². The lowest BCUT2D eigenvalue weighted by molar-refractivity contribution is 0.0798. The third kappa shape index (κ3) is 3.61. The number of hydrogen-bond acceptors (Lipinski definition) is 2. The highest BCUT2D eigenvalue weighted by Gasteiger charge is 2.30. The van der Waals surface area contributed by atoms with Crippen molar-refractivity contribution in [2.45, 2.75) is 32.7 Å². The van der Waals surface area contributed by atoms with Crippen LogP contribution >= 0.6 is 0 Å². The van der Waals surface area contributed by atoms with Gasteiger partial charge in [0, 0.05) is 11.1 Å². The van der Waals surface area contributed by atoms with E-state index < -0.39 is 5.54 Å². The first-order valence-electron chi connectivity index (χ1n) is 7.45. The van der Waals surface area contributed by atoms with Crippen molar-refractivity contribution in [1.29, 1.82) is 0 Å². The lowest BCUT2D eigenvalue weighted by Gasteiger charge is -2.25. The second-order valence-electron chi connectivity index (χ2n) is 5.82. The summed E-state index contributed by atoms with van der Waals surface area (Å²) in [4.78, 5) is 24.9. The summed E-state index contributed by atoms with van der Waals surface area (Å²) in [5.41, 5.74) is 1.37. The zero-order valence-corrected chi connectivity index (χ0v) is 13.2. The van der Waals surface area contributed by atoms with E-state index in [4.69, 9.17) is 0 Å². The van der Waals surface area contributed by atoms with Gasteiger partial charge in [-0.3, -0.25) is 9.59 Å². The number of carbonyl (C=O) groups excluding carboxylic acids is 2. The van der Waals surface area contributed by atoms with Crippen LogP contribution in [0.5, 0.6) is 0 Å². The SMILES string of the molecule is CCc1ccc(C(=O)NC(C)(C)C(=O)c2ccccc2)cc1. The van der Waals surface area contributed by atoms with E-state index in [2.05, 4.69) is 12.2 Å². The molecular formula is C19H21NO2. The van der Waals surface area contributed by atoms with E-state index in [9.17, 15) is 9.59 Å². The molecule has 0 unspecified atom stereocenters. The standard InChI is InChI=1S/C19H21NO2/c1-4-14-10-12-16(13-11-14)18(22)20-19(2,3)17(21)15-8-6-5-7-9-15/h5-13H,4H2,1-3H3,(H,20,22). The van der Waals surface area contributed by atoms with Crippen LogP contribution in [0.1, 0.15) is 47.1 Å². The number of amides is 1. The summed E-state index contributed by atoms with van der Waals surface area (Å²) in [6, 6.07) is 16.4. The second-order valence-corrected chi connectivity index (χ2v) is 5.82. The van der Waals surface area contributed by atoms with Crippen molar-refractivity contribution in [3.8, 4) is 0 Å². The van der Waals surface area contributed by atoms with Crippen LogP contribution in [0.15, 0.2) is 54.6 Å². The maximum Gasteiger partial charge on any atom is 0.252 e. The molecule has 3 nitrogen and oxygen atoms in total. The van der Waals surface area contributed by atoms with Crippen LogP contribution < -0.4 is 5.32 Å². The molecule has 2 aromatic rings. The monoisotopic (exact) mass is 295 g/mol. The second kappa shape index (κ2) is 6.56. The van der Waals surface area contributed by atoms with Gasteiger partial charge in [-0.15, -0.1) is 0 Å². The number of aryl methyl sites for hydroxylation is 1. The molecule has 0 fully saturated rings. The largest absolute Gasteiger partial charge is 0.340 e. The van der Waals surface area contributed by atoms with Crippen molar-refractivity contribution in [3.63, 3.8) is 0 Å². The summed E-state index contributed by atoms with van der Waals surface area (Å²) < 4.78 is 0. The minimum Gasteiger partial charge on any atom is -0.340 e. The highest BCUT2D eigenvalue weighted by molar-refractivity contribution is 6.06. The van der Waals surface area contributed by atoms with Gasteiger partial charge < -0.3 is 5.32 Å². The molecule has 1 N–H and O–H groups in total. The minimum atomic E-state index is -0.956. The Balaban J connectivity index is 2.13. The molecule has 0 spiro atoms. The molecule has 0 radical (unpaired) electrons. The summed E-state index contributed by atoms with van der Waals surface area (Å²) in [6.07, 6.45) is 0.930. The van der Waals surface area contributed by atoms with Crippen molar-refractivity contribution in [3.05, 3.63) is 71.3 Å². The van der Waals surface area contributed by atoms with Gasteiger partial charge in [-0.2, -0.15) is 0 Å². The van der Waals surface area contributed by atoms with Crippen LogP contribution in [-0.4, -0.2) is 17.2 Å². The van der Waals surface area contributed by atoms with Crippen LogP contribution in [0.2, 0.25) is 0 Å². The Morgan fingerprint density at radius 1 is 0.909 bits per heavy atom. The molecule has 114 valence electrons. The lowest BCUT2D eigenvalue weighted by Crippen LogP contribution is -2.49.